The van der Waals surface area contributed by atoms with Crippen LogP contribution in [0.4, 0.5) is 0 Å². The molecular formula is C13H21N5O2S. The molecule has 0 fully saturated rings. The topological polar surface area (TPSA) is 91.8 Å². The van der Waals surface area contributed by atoms with Gasteiger partial charge in [0.2, 0.25) is 10.0 Å². The molecule has 2 rings (SSSR count). The second-order valence-electron chi connectivity index (χ2n) is 4.74. The zero-order valence-corrected chi connectivity index (χ0v) is 12.9. The number of nitrogens with zero attached hydrogens (tertiary/aromatic N) is 2. The van der Waals surface area contributed by atoms with Crippen molar-refractivity contribution >= 4 is 10.0 Å². The summed E-state index contributed by atoms with van der Waals surface area (Å²) >= 11 is 0. The minimum Gasteiger partial charge on any atom is -0.363 e. The maximum Gasteiger partial charge on any atom is 0.242 e. The molecule has 0 aliphatic heterocycles. The van der Waals surface area contributed by atoms with Crippen LogP contribution in [0.5, 0.6) is 0 Å². The first-order chi connectivity index (χ1) is 10.1. The van der Waals surface area contributed by atoms with Gasteiger partial charge in [-0.25, -0.2) is 18.1 Å². The fourth-order valence-corrected chi connectivity index (χ4v) is 2.93. The van der Waals surface area contributed by atoms with Gasteiger partial charge in [-0.15, -0.1) is 0 Å². The summed E-state index contributed by atoms with van der Waals surface area (Å²) in [6.07, 6.45) is 7.67. The molecule has 0 aliphatic rings. The molecule has 0 unspecified atom stereocenters. The second kappa shape index (κ2) is 7.39. The van der Waals surface area contributed by atoms with E-state index in [1.165, 1.54) is 6.20 Å². The third kappa shape index (κ3) is 4.69. The van der Waals surface area contributed by atoms with Crippen molar-refractivity contribution in [2.75, 3.05) is 13.1 Å². The Morgan fingerprint density at radius 2 is 2.24 bits per heavy atom. The number of hydrogen-bond acceptors (Lipinski definition) is 4. The highest BCUT2D eigenvalue weighted by Crippen LogP contribution is 2.10. The molecule has 0 aromatic carbocycles. The van der Waals surface area contributed by atoms with Crippen LogP contribution in [-0.4, -0.2) is 36.0 Å². The highest BCUT2D eigenvalue weighted by atomic mass is 32.2. The molecule has 0 amide bonds. The van der Waals surface area contributed by atoms with E-state index in [0.29, 0.717) is 19.6 Å². The Morgan fingerprint density at radius 1 is 1.38 bits per heavy atom. The van der Waals surface area contributed by atoms with E-state index in [-0.39, 0.29) is 4.90 Å². The highest BCUT2D eigenvalue weighted by Gasteiger charge is 2.15. The SMILES string of the molecule is CCCNCc1cc(S(=O)(=O)NCCn2ccnc2)c[nH]1. The number of nitrogens with one attached hydrogen (secondary N) is 3. The highest BCUT2D eigenvalue weighted by molar-refractivity contribution is 7.89. The molecule has 0 aliphatic carbocycles. The van der Waals surface area contributed by atoms with Gasteiger partial charge < -0.3 is 14.9 Å². The van der Waals surface area contributed by atoms with E-state index in [1.54, 1.807) is 24.8 Å². The first-order valence-corrected chi connectivity index (χ1v) is 8.43. The Balaban J connectivity index is 1.86. The van der Waals surface area contributed by atoms with Gasteiger partial charge in [0.05, 0.1) is 11.2 Å². The lowest BCUT2D eigenvalue weighted by Crippen LogP contribution is -2.26. The monoisotopic (exact) mass is 311 g/mol. The van der Waals surface area contributed by atoms with E-state index in [1.807, 2.05) is 4.57 Å². The van der Waals surface area contributed by atoms with E-state index in [9.17, 15) is 8.42 Å². The maximum atomic E-state index is 12.1. The smallest absolute Gasteiger partial charge is 0.242 e. The predicted molar refractivity (Wildman–Crippen MR) is 80.2 cm³/mol. The fourth-order valence-electron chi connectivity index (χ4n) is 1.89. The molecule has 7 nitrogen and oxygen atoms in total. The van der Waals surface area contributed by atoms with E-state index in [4.69, 9.17) is 0 Å². The van der Waals surface area contributed by atoms with E-state index in [2.05, 4.69) is 26.9 Å². The van der Waals surface area contributed by atoms with E-state index >= 15 is 0 Å². The number of H-pyrrole nitrogens is 1. The Hall–Kier alpha value is -1.64. The van der Waals surface area contributed by atoms with Crippen LogP contribution in [0.1, 0.15) is 19.0 Å². The van der Waals surface area contributed by atoms with Crippen LogP contribution in [0.2, 0.25) is 0 Å². The molecule has 2 aromatic rings. The van der Waals surface area contributed by atoms with Crippen molar-refractivity contribution in [3.05, 3.63) is 36.7 Å². The normalized spacial score (nSPS) is 11.9. The number of rotatable bonds is 9. The third-order valence-corrected chi connectivity index (χ3v) is 4.43. The average Bonchev–Trinajstić information content (AvgIpc) is 3.10. The quantitative estimate of drug-likeness (QED) is 0.594. The van der Waals surface area contributed by atoms with Gasteiger partial charge in [0.1, 0.15) is 0 Å². The summed E-state index contributed by atoms with van der Waals surface area (Å²) < 4.78 is 28.7. The van der Waals surface area contributed by atoms with E-state index in [0.717, 1.165) is 18.7 Å². The van der Waals surface area contributed by atoms with Crippen LogP contribution in [0.25, 0.3) is 0 Å². The molecule has 21 heavy (non-hydrogen) atoms. The van der Waals surface area contributed by atoms with Crippen LogP contribution in [0.15, 0.2) is 35.9 Å². The van der Waals surface area contributed by atoms with Crippen LogP contribution in [-0.2, 0) is 23.1 Å². The molecule has 8 heteroatoms. The molecule has 0 bridgehead atoms. The van der Waals surface area contributed by atoms with Gasteiger partial charge in [0, 0.05) is 43.9 Å². The average molecular weight is 311 g/mol. The number of imidazole rings is 1. The van der Waals surface area contributed by atoms with Gasteiger partial charge in [-0.1, -0.05) is 6.92 Å². The summed E-state index contributed by atoms with van der Waals surface area (Å²) in [5, 5.41) is 3.22. The lowest BCUT2D eigenvalue weighted by molar-refractivity contribution is 0.573. The lowest BCUT2D eigenvalue weighted by Gasteiger charge is -2.05. The molecule has 3 N–H and O–H groups in total. The molecular weight excluding hydrogens is 290 g/mol. The molecule has 0 atom stereocenters. The predicted octanol–water partition coefficient (Wildman–Crippen LogP) is 0.689. The van der Waals surface area contributed by atoms with Crippen LogP contribution in [0.3, 0.4) is 0 Å². The molecule has 2 aromatic heterocycles. The zero-order valence-electron chi connectivity index (χ0n) is 12.0. The van der Waals surface area contributed by atoms with Crippen molar-refractivity contribution in [3.8, 4) is 0 Å². The van der Waals surface area contributed by atoms with Gasteiger partial charge in [0.15, 0.2) is 0 Å². The molecule has 0 radical (unpaired) electrons. The maximum absolute atomic E-state index is 12.1. The van der Waals surface area contributed by atoms with Crippen LogP contribution in [0, 0.1) is 0 Å². The summed E-state index contributed by atoms with van der Waals surface area (Å²) in [5.41, 5.74) is 0.860. The third-order valence-electron chi connectivity index (χ3n) is 2.99. The van der Waals surface area contributed by atoms with Gasteiger partial charge in [-0.3, -0.25) is 0 Å². The number of aromatic nitrogens is 3. The minimum atomic E-state index is -3.47. The zero-order chi connectivity index (χ0) is 15.1. The number of hydrogen-bond donors (Lipinski definition) is 3. The molecule has 2 heterocycles. The number of sulfonamides is 1. The lowest BCUT2D eigenvalue weighted by atomic mass is 10.4. The van der Waals surface area contributed by atoms with Crippen molar-refractivity contribution in [3.63, 3.8) is 0 Å². The fraction of sp³-hybridized carbons (Fsp3) is 0.462. The summed E-state index contributed by atoms with van der Waals surface area (Å²) in [5.74, 6) is 0. The summed E-state index contributed by atoms with van der Waals surface area (Å²) in [7, 11) is -3.47. The van der Waals surface area contributed by atoms with Gasteiger partial charge in [-0.05, 0) is 19.0 Å². The first kappa shape index (κ1) is 15.7. The van der Waals surface area contributed by atoms with Gasteiger partial charge in [-0.2, -0.15) is 0 Å². The Morgan fingerprint density at radius 3 is 2.95 bits per heavy atom. The standard InChI is InChI=1S/C13H21N5O2S/c1-2-3-14-9-12-8-13(10-16-12)21(19,20)17-5-7-18-6-4-15-11-18/h4,6,8,10-11,14,16-17H,2-3,5,7,9H2,1H3. The van der Waals surface area contributed by atoms with Gasteiger partial charge in [0.25, 0.3) is 0 Å². The van der Waals surface area contributed by atoms with Crippen molar-refractivity contribution < 1.29 is 8.42 Å². The molecule has 116 valence electrons. The van der Waals surface area contributed by atoms with Crippen LogP contribution >= 0.6 is 0 Å². The minimum absolute atomic E-state index is 0.265. The summed E-state index contributed by atoms with van der Waals surface area (Å²) in [4.78, 5) is 7.15. The Labute approximate surface area is 124 Å². The largest absolute Gasteiger partial charge is 0.363 e. The van der Waals surface area contributed by atoms with E-state index < -0.39 is 10.0 Å². The molecule has 0 saturated heterocycles. The Kier molecular flexibility index (Phi) is 5.54. The first-order valence-electron chi connectivity index (χ1n) is 6.95. The summed E-state index contributed by atoms with van der Waals surface area (Å²) in [6.45, 7) is 4.51. The van der Waals surface area contributed by atoms with Crippen molar-refractivity contribution in [2.45, 2.75) is 31.3 Å². The molecule has 0 spiro atoms. The van der Waals surface area contributed by atoms with Crippen molar-refractivity contribution in [1.29, 1.82) is 0 Å². The van der Waals surface area contributed by atoms with Crippen molar-refractivity contribution in [1.82, 2.24) is 24.6 Å². The van der Waals surface area contributed by atoms with Gasteiger partial charge >= 0.3 is 0 Å². The Bertz CT molecular complexity index is 633. The summed E-state index contributed by atoms with van der Waals surface area (Å²) in [6, 6.07) is 1.65. The van der Waals surface area contributed by atoms with Crippen LogP contribution < -0.4 is 10.0 Å². The van der Waals surface area contributed by atoms with Crippen molar-refractivity contribution in [2.24, 2.45) is 0 Å². The molecule has 0 saturated carbocycles. The number of aromatic amines is 1. The second-order valence-corrected chi connectivity index (χ2v) is 6.50.